The molecule has 4 rings (SSSR count). The first-order valence-electron chi connectivity index (χ1n) is 12.3. The Hall–Kier alpha value is -5.09. The smallest absolute Gasteiger partial charge is 0.266 e. The molecule has 2 N–H and O–H groups in total. The van der Waals surface area contributed by atoms with Crippen LogP contribution in [-0.2, 0) is 4.79 Å². The van der Waals surface area contributed by atoms with Gasteiger partial charge in [-0.2, -0.15) is 0 Å². The quantitative estimate of drug-likeness (QED) is 0.247. The molecule has 1 aliphatic rings. The van der Waals surface area contributed by atoms with Gasteiger partial charge in [0.15, 0.2) is 0 Å². The van der Waals surface area contributed by atoms with E-state index >= 15 is 0 Å². The van der Waals surface area contributed by atoms with Gasteiger partial charge in [-0.25, -0.2) is 0 Å². The van der Waals surface area contributed by atoms with E-state index in [-0.39, 0.29) is 5.91 Å². The van der Waals surface area contributed by atoms with Crippen LogP contribution in [0.15, 0.2) is 169 Å². The fourth-order valence-corrected chi connectivity index (χ4v) is 4.00. The van der Waals surface area contributed by atoms with E-state index in [1.54, 1.807) is 11.0 Å². The van der Waals surface area contributed by atoms with Crippen molar-refractivity contribution in [3.63, 3.8) is 0 Å². The van der Waals surface area contributed by atoms with E-state index < -0.39 is 0 Å². The molecule has 0 radical (unpaired) electrons. The lowest BCUT2D eigenvalue weighted by molar-refractivity contribution is -0.114. The molecule has 0 aromatic heterocycles. The molecule has 4 nitrogen and oxygen atoms in total. The number of benzene rings is 3. The summed E-state index contributed by atoms with van der Waals surface area (Å²) in [5.41, 5.74) is 6.51. The topological polar surface area (TPSA) is 44.4 Å². The summed E-state index contributed by atoms with van der Waals surface area (Å²) in [6, 6.07) is 29.3. The van der Waals surface area contributed by atoms with Crippen LogP contribution < -0.4 is 15.5 Å². The van der Waals surface area contributed by atoms with Crippen LogP contribution in [0.1, 0.15) is 12.5 Å². The monoisotopic (exact) mass is 497 g/mol. The van der Waals surface area contributed by atoms with Gasteiger partial charge in [0.1, 0.15) is 5.82 Å². The third kappa shape index (κ3) is 6.00. The highest BCUT2D eigenvalue weighted by Gasteiger charge is 2.32. The van der Waals surface area contributed by atoms with Crippen molar-refractivity contribution in [2.75, 3.05) is 10.2 Å². The maximum absolute atomic E-state index is 13.9. The molecule has 0 unspecified atom stereocenters. The first-order chi connectivity index (χ1) is 18.3. The van der Waals surface area contributed by atoms with E-state index in [1.165, 1.54) is 0 Å². The molecule has 3 aromatic carbocycles. The lowest BCUT2D eigenvalue weighted by Crippen LogP contribution is -2.44. The van der Waals surface area contributed by atoms with Gasteiger partial charge in [0.25, 0.3) is 5.91 Å². The number of carbonyl (C=O) groups excluding carboxylic acids is 1. The van der Waals surface area contributed by atoms with Crippen molar-refractivity contribution in [1.82, 2.24) is 5.32 Å². The Balaban J connectivity index is 1.60. The maximum Gasteiger partial charge on any atom is 0.266 e. The van der Waals surface area contributed by atoms with Gasteiger partial charge in [0.05, 0.1) is 11.3 Å². The number of carbonyl (C=O) groups is 1. The summed E-state index contributed by atoms with van der Waals surface area (Å²) < 4.78 is 0. The Morgan fingerprint density at radius 3 is 2.03 bits per heavy atom. The first kappa shape index (κ1) is 26.0. The van der Waals surface area contributed by atoms with Gasteiger partial charge in [-0.15, -0.1) is 0 Å². The second kappa shape index (κ2) is 11.8. The Morgan fingerprint density at radius 2 is 1.39 bits per heavy atom. The molecule has 188 valence electrons. The van der Waals surface area contributed by atoms with E-state index in [9.17, 15) is 4.79 Å². The van der Waals surface area contributed by atoms with Gasteiger partial charge in [-0.1, -0.05) is 99.1 Å². The zero-order valence-electron chi connectivity index (χ0n) is 21.6. The third-order valence-corrected chi connectivity index (χ3v) is 6.12. The number of para-hydroxylation sites is 2. The second-order valence-corrected chi connectivity index (χ2v) is 8.88. The van der Waals surface area contributed by atoms with Crippen molar-refractivity contribution in [3.05, 3.63) is 175 Å². The predicted molar refractivity (Wildman–Crippen MR) is 160 cm³/mol. The minimum absolute atomic E-state index is 0.196. The van der Waals surface area contributed by atoms with Gasteiger partial charge < -0.3 is 10.6 Å². The summed E-state index contributed by atoms with van der Waals surface area (Å²) in [4.78, 5) is 15.6. The van der Waals surface area contributed by atoms with Gasteiger partial charge in [-0.3, -0.25) is 9.69 Å². The van der Waals surface area contributed by atoms with Gasteiger partial charge in [-0.05, 0) is 65.6 Å². The number of nitrogens with one attached hydrogen (secondary N) is 2. The van der Waals surface area contributed by atoms with E-state index in [1.807, 2.05) is 110 Å². The summed E-state index contributed by atoms with van der Waals surface area (Å²) in [5, 5.41) is 6.60. The lowest BCUT2D eigenvalue weighted by Gasteiger charge is -2.35. The van der Waals surface area contributed by atoms with Gasteiger partial charge in [0, 0.05) is 17.1 Å². The number of rotatable bonds is 8. The molecule has 38 heavy (non-hydrogen) atoms. The average molecular weight is 498 g/mol. The van der Waals surface area contributed by atoms with Crippen LogP contribution in [-0.4, -0.2) is 5.91 Å². The molecule has 0 aliphatic carbocycles. The number of hydrogen-bond donors (Lipinski definition) is 2. The fourth-order valence-electron chi connectivity index (χ4n) is 4.00. The van der Waals surface area contributed by atoms with E-state index in [0.717, 1.165) is 22.5 Å². The molecule has 0 saturated carbocycles. The summed E-state index contributed by atoms with van der Waals surface area (Å²) in [6.45, 7) is 18.5. The van der Waals surface area contributed by atoms with Crippen LogP contribution in [0.2, 0.25) is 0 Å². The van der Waals surface area contributed by atoms with E-state index in [2.05, 4.69) is 36.9 Å². The van der Waals surface area contributed by atoms with Crippen LogP contribution in [0.3, 0.4) is 0 Å². The summed E-state index contributed by atoms with van der Waals surface area (Å²) >= 11 is 0. The van der Waals surface area contributed by atoms with Gasteiger partial charge in [0.2, 0.25) is 0 Å². The zero-order chi connectivity index (χ0) is 27.1. The van der Waals surface area contributed by atoms with Crippen LogP contribution in [0, 0.1) is 0 Å². The van der Waals surface area contributed by atoms with Crippen molar-refractivity contribution in [1.29, 1.82) is 0 Å². The predicted octanol–water partition coefficient (Wildman–Crippen LogP) is 7.75. The largest absolute Gasteiger partial charge is 0.356 e. The SMILES string of the molecule is C=C(/C=C\C(=C)C(=C)/C=C1\C(=C)N/C(=C(\C)c2ccccc2)N(c2ccccc2)C1=O)Nc1ccccc1. The highest BCUT2D eigenvalue weighted by Crippen LogP contribution is 2.32. The third-order valence-electron chi connectivity index (χ3n) is 6.12. The molecule has 3 aromatic rings. The Bertz CT molecular complexity index is 1480. The minimum Gasteiger partial charge on any atom is -0.356 e. The summed E-state index contributed by atoms with van der Waals surface area (Å²) in [6.07, 6.45) is 5.37. The Kier molecular flexibility index (Phi) is 8.04. The highest BCUT2D eigenvalue weighted by atomic mass is 16.2. The first-order valence-corrected chi connectivity index (χ1v) is 12.3. The van der Waals surface area contributed by atoms with Crippen molar-refractivity contribution >= 4 is 22.9 Å². The number of nitrogens with zero attached hydrogens (tertiary/aromatic N) is 1. The molecular formula is C34H31N3O. The summed E-state index contributed by atoms with van der Waals surface area (Å²) in [7, 11) is 0. The molecule has 0 bridgehead atoms. The molecule has 4 heteroatoms. The van der Waals surface area contributed by atoms with Crippen LogP contribution in [0.25, 0.3) is 5.57 Å². The van der Waals surface area contributed by atoms with Crippen LogP contribution in [0.4, 0.5) is 11.4 Å². The van der Waals surface area contributed by atoms with Crippen molar-refractivity contribution in [3.8, 4) is 0 Å². The number of hydrogen-bond acceptors (Lipinski definition) is 3. The zero-order valence-corrected chi connectivity index (χ0v) is 21.6. The van der Waals surface area contributed by atoms with Gasteiger partial charge >= 0.3 is 0 Å². The Labute approximate surface area is 225 Å². The normalized spacial score (nSPS) is 15.8. The number of allylic oxidation sites excluding steroid dienone is 6. The molecule has 0 spiro atoms. The molecular weight excluding hydrogens is 466 g/mol. The summed E-state index contributed by atoms with van der Waals surface area (Å²) in [5.74, 6) is 0.473. The van der Waals surface area contributed by atoms with Crippen molar-refractivity contribution in [2.45, 2.75) is 6.92 Å². The lowest BCUT2D eigenvalue weighted by atomic mass is 9.99. The second-order valence-electron chi connectivity index (χ2n) is 8.88. The van der Waals surface area contributed by atoms with E-state index in [4.69, 9.17) is 0 Å². The van der Waals surface area contributed by atoms with Crippen molar-refractivity contribution in [2.24, 2.45) is 0 Å². The molecule has 0 atom stereocenters. The maximum atomic E-state index is 13.9. The van der Waals surface area contributed by atoms with Crippen molar-refractivity contribution < 1.29 is 4.79 Å². The van der Waals surface area contributed by atoms with Crippen LogP contribution in [0.5, 0.6) is 0 Å². The average Bonchev–Trinajstić information content (AvgIpc) is 2.94. The minimum atomic E-state index is -0.196. The fraction of sp³-hybridized carbons (Fsp3) is 0.0294. The molecule has 1 heterocycles. The molecule has 1 saturated heterocycles. The van der Waals surface area contributed by atoms with E-state index in [0.29, 0.717) is 33.9 Å². The van der Waals surface area contributed by atoms with Crippen LogP contribution >= 0.6 is 0 Å². The molecule has 1 amide bonds. The standard InChI is InChI=1S/C34H31N3O/c1-24(21-22-26(3)35-30-17-11-7-12-18-30)25(2)23-32-28(5)36-33(27(4)29-15-9-6-10-16-29)37(34(32)38)31-19-13-8-14-20-31/h6-23,35-36H,1-3,5H2,4H3/b22-21-,32-23+,33-27-. The number of amides is 1. The molecule has 1 fully saturated rings. The Morgan fingerprint density at radius 1 is 0.816 bits per heavy atom. The highest BCUT2D eigenvalue weighted by molar-refractivity contribution is 6.13. The molecule has 1 aliphatic heterocycles. The number of anilines is 2.